The van der Waals surface area contributed by atoms with Crippen molar-refractivity contribution in [1.82, 2.24) is 15.1 Å². The zero-order chi connectivity index (χ0) is 18.5. The Morgan fingerprint density at radius 3 is 2.50 bits per heavy atom. The number of benzene rings is 1. The van der Waals surface area contributed by atoms with E-state index >= 15 is 0 Å². The molecule has 1 atom stereocenters. The number of piperidine rings is 1. The number of carbonyl (C=O) groups excluding carboxylic acids is 2. The van der Waals surface area contributed by atoms with Crippen LogP contribution in [0.3, 0.4) is 0 Å². The standard InChI is InChI=1S/C20H30N4O2.2ClH/c1-15-5-3-7-18(16(15)2)22-19(25)14-23-9-11-24(12-10-23)20(26)17-6-4-8-21-13-17;;/h3,5,7,17,21H,4,6,8-14H2,1-2H3,(H,22,25);2*1H. The van der Waals surface area contributed by atoms with Crippen LogP contribution >= 0.6 is 24.8 Å². The summed E-state index contributed by atoms with van der Waals surface area (Å²) < 4.78 is 0. The van der Waals surface area contributed by atoms with E-state index in [1.54, 1.807) is 0 Å². The van der Waals surface area contributed by atoms with Crippen LogP contribution in [0.4, 0.5) is 5.69 Å². The Morgan fingerprint density at radius 1 is 1.14 bits per heavy atom. The molecule has 1 aromatic rings. The van der Waals surface area contributed by atoms with Crippen LogP contribution < -0.4 is 10.6 Å². The molecule has 158 valence electrons. The lowest BCUT2D eigenvalue weighted by Gasteiger charge is -2.37. The van der Waals surface area contributed by atoms with Crippen molar-refractivity contribution in [3.8, 4) is 0 Å². The molecule has 6 nitrogen and oxygen atoms in total. The van der Waals surface area contributed by atoms with Crippen LogP contribution in [-0.2, 0) is 9.59 Å². The van der Waals surface area contributed by atoms with Crippen LogP contribution in [-0.4, -0.2) is 67.4 Å². The van der Waals surface area contributed by atoms with E-state index in [1.165, 1.54) is 5.56 Å². The number of rotatable bonds is 4. The first-order chi connectivity index (χ1) is 12.5. The number of nitrogens with one attached hydrogen (secondary N) is 2. The van der Waals surface area contributed by atoms with Crippen LogP contribution in [0.2, 0.25) is 0 Å². The molecule has 8 heteroatoms. The van der Waals surface area contributed by atoms with E-state index in [2.05, 4.69) is 15.5 Å². The average Bonchev–Trinajstić information content (AvgIpc) is 2.66. The Hall–Kier alpha value is -1.34. The molecule has 1 unspecified atom stereocenters. The molecule has 2 heterocycles. The van der Waals surface area contributed by atoms with Gasteiger partial charge in [-0.05, 0) is 50.4 Å². The van der Waals surface area contributed by atoms with Crippen molar-refractivity contribution >= 4 is 42.3 Å². The van der Waals surface area contributed by atoms with Gasteiger partial charge in [-0.2, -0.15) is 0 Å². The molecule has 2 amide bonds. The molecule has 1 aromatic carbocycles. The third kappa shape index (κ3) is 6.34. The fourth-order valence-electron chi connectivity index (χ4n) is 3.73. The minimum atomic E-state index is 0. The quantitative estimate of drug-likeness (QED) is 0.768. The van der Waals surface area contributed by atoms with Crippen molar-refractivity contribution in [2.24, 2.45) is 5.92 Å². The third-order valence-corrected chi connectivity index (χ3v) is 5.58. The summed E-state index contributed by atoms with van der Waals surface area (Å²) in [6.45, 7) is 9.21. The van der Waals surface area contributed by atoms with Crippen molar-refractivity contribution in [3.63, 3.8) is 0 Å². The number of amides is 2. The largest absolute Gasteiger partial charge is 0.340 e. The number of piperazine rings is 1. The predicted octanol–water partition coefficient (Wildman–Crippen LogP) is 2.23. The summed E-state index contributed by atoms with van der Waals surface area (Å²) in [4.78, 5) is 29.0. The molecule has 2 N–H and O–H groups in total. The molecular weight excluding hydrogens is 399 g/mol. The van der Waals surface area contributed by atoms with Crippen molar-refractivity contribution in [2.75, 3.05) is 51.1 Å². The second kappa shape index (κ2) is 11.6. The van der Waals surface area contributed by atoms with E-state index < -0.39 is 0 Å². The fourth-order valence-corrected chi connectivity index (χ4v) is 3.73. The molecule has 2 saturated heterocycles. The zero-order valence-corrected chi connectivity index (χ0v) is 18.3. The second-order valence-corrected chi connectivity index (χ2v) is 7.44. The van der Waals surface area contributed by atoms with E-state index in [0.29, 0.717) is 19.6 Å². The predicted molar refractivity (Wildman–Crippen MR) is 118 cm³/mol. The summed E-state index contributed by atoms with van der Waals surface area (Å²) in [5, 5.41) is 6.33. The van der Waals surface area contributed by atoms with Gasteiger partial charge < -0.3 is 15.5 Å². The maximum absolute atomic E-state index is 12.6. The van der Waals surface area contributed by atoms with Crippen LogP contribution in [0.15, 0.2) is 18.2 Å². The topological polar surface area (TPSA) is 64.7 Å². The summed E-state index contributed by atoms with van der Waals surface area (Å²) in [7, 11) is 0. The van der Waals surface area contributed by atoms with Crippen LogP contribution in [0.25, 0.3) is 0 Å². The molecular formula is C20H32Cl2N4O2. The first-order valence-corrected chi connectivity index (χ1v) is 9.62. The van der Waals surface area contributed by atoms with Crippen molar-refractivity contribution in [3.05, 3.63) is 29.3 Å². The highest BCUT2D eigenvalue weighted by Crippen LogP contribution is 2.18. The molecule has 2 aliphatic heterocycles. The number of carbonyl (C=O) groups is 2. The smallest absolute Gasteiger partial charge is 0.238 e. The van der Waals surface area contributed by atoms with Crippen molar-refractivity contribution in [2.45, 2.75) is 26.7 Å². The van der Waals surface area contributed by atoms with Crippen molar-refractivity contribution < 1.29 is 9.59 Å². The number of nitrogens with zero attached hydrogens (tertiary/aromatic N) is 2. The summed E-state index contributed by atoms with van der Waals surface area (Å²) in [6.07, 6.45) is 2.07. The summed E-state index contributed by atoms with van der Waals surface area (Å²) in [5.74, 6) is 0.412. The van der Waals surface area contributed by atoms with E-state index in [9.17, 15) is 9.59 Å². The Morgan fingerprint density at radius 2 is 1.86 bits per heavy atom. The SMILES string of the molecule is Cc1cccc(NC(=O)CN2CCN(C(=O)C3CCCNC3)CC2)c1C.Cl.Cl. The van der Waals surface area contributed by atoms with Gasteiger partial charge in [0.25, 0.3) is 0 Å². The van der Waals surface area contributed by atoms with E-state index in [-0.39, 0.29) is 42.5 Å². The molecule has 0 aromatic heterocycles. The van der Waals surface area contributed by atoms with Gasteiger partial charge in [0.1, 0.15) is 0 Å². The number of aryl methyl sites for hydroxylation is 1. The fraction of sp³-hybridized carbons (Fsp3) is 0.600. The minimum Gasteiger partial charge on any atom is -0.340 e. The first kappa shape index (κ1) is 24.7. The van der Waals surface area contributed by atoms with Gasteiger partial charge >= 0.3 is 0 Å². The van der Waals surface area contributed by atoms with Gasteiger partial charge in [0.05, 0.1) is 12.5 Å². The summed E-state index contributed by atoms with van der Waals surface area (Å²) in [5.41, 5.74) is 3.16. The number of halogens is 2. The molecule has 0 aliphatic carbocycles. The lowest BCUT2D eigenvalue weighted by atomic mass is 9.98. The zero-order valence-electron chi connectivity index (χ0n) is 16.7. The maximum atomic E-state index is 12.6. The van der Waals surface area contributed by atoms with Gasteiger partial charge in [-0.1, -0.05) is 12.1 Å². The van der Waals surface area contributed by atoms with E-state index in [0.717, 1.165) is 50.3 Å². The molecule has 2 fully saturated rings. The van der Waals surface area contributed by atoms with Crippen LogP contribution in [0, 0.1) is 19.8 Å². The van der Waals surface area contributed by atoms with Gasteiger partial charge in [0.15, 0.2) is 0 Å². The van der Waals surface area contributed by atoms with Crippen molar-refractivity contribution in [1.29, 1.82) is 0 Å². The first-order valence-electron chi connectivity index (χ1n) is 9.62. The Bertz CT molecular complexity index is 658. The van der Waals surface area contributed by atoms with E-state index in [4.69, 9.17) is 0 Å². The average molecular weight is 431 g/mol. The van der Waals surface area contributed by atoms with Gasteiger partial charge in [-0.15, -0.1) is 24.8 Å². The Balaban J connectivity index is 0.00000196. The lowest BCUT2D eigenvalue weighted by molar-refractivity contribution is -0.138. The third-order valence-electron chi connectivity index (χ3n) is 5.58. The lowest BCUT2D eigenvalue weighted by Crippen LogP contribution is -2.53. The molecule has 28 heavy (non-hydrogen) atoms. The van der Waals surface area contributed by atoms with Gasteiger partial charge in [-0.25, -0.2) is 0 Å². The summed E-state index contributed by atoms with van der Waals surface area (Å²) >= 11 is 0. The van der Waals surface area contributed by atoms with Crippen LogP contribution in [0.1, 0.15) is 24.0 Å². The van der Waals surface area contributed by atoms with E-state index in [1.807, 2.05) is 36.9 Å². The maximum Gasteiger partial charge on any atom is 0.238 e. The monoisotopic (exact) mass is 430 g/mol. The highest BCUT2D eigenvalue weighted by atomic mass is 35.5. The highest BCUT2D eigenvalue weighted by Gasteiger charge is 2.28. The van der Waals surface area contributed by atoms with Gasteiger partial charge in [0.2, 0.25) is 11.8 Å². The summed E-state index contributed by atoms with van der Waals surface area (Å²) in [6, 6.07) is 5.94. The van der Waals surface area contributed by atoms with Gasteiger partial charge in [-0.3, -0.25) is 14.5 Å². The molecule has 0 spiro atoms. The minimum absolute atomic E-state index is 0. The number of anilines is 1. The number of hydrogen-bond donors (Lipinski definition) is 2. The molecule has 3 rings (SSSR count). The molecule has 0 radical (unpaired) electrons. The molecule has 0 bridgehead atoms. The Labute approximate surface area is 180 Å². The number of hydrogen-bond acceptors (Lipinski definition) is 4. The van der Waals surface area contributed by atoms with Gasteiger partial charge in [0, 0.05) is 38.4 Å². The second-order valence-electron chi connectivity index (χ2n) is 7.44. The Kier molecular flexibility index (Phi) is 10.2. The molecule has 0 saturated carbocycles. The normalized spacial score (nSPS) is 19.9. The molecule has 2 aliphatic rings. The highest BCUT2D eigenvalue weighted by molar-refractivity contribution is 5.93. The van der Waals surface area contributed by atoms with Crippen LogP contribution in [0.5, 0.6) is 0 Å².